The third-order valence-corrected chi connectivity index (χ3v) is 2.65. The molecule has 2 aromatic rings. The van der Waals surface area contributed by atoms with Gasteiger partial charge in [0.1, 0.15) is 0 Å². The molecule has 0 aliphatic carbocycles. The van der Waals surface area contributed by atoms with Crippen LogP contribution in [0.4, 0.5) is 17.6 Å². The van der Waals surface area contributed by atoms with Crippen molar-refractivity contribution >= 4 is 17.6 Å². The van der Waals surface area contributed by atoms with Crippen molar-refractivity contribution in [1.82, 2.24) is 24.7 Å². The number of anilines is 3. The molecule has 2 N–H and O–H groups in total. The SMILES string of the molecule is CCCOc1nc(NCC)nc(Nc2cn(C)nc2C)n1. The van der Waals surface area contributed by atoms with Crippen LogP contribution in [0.15, 0.2) is 6.20 Å². The molecule has 0 saturated heterocycles. The van der Waals surface area contributed by atoms with Gasteiger partial charge in [-0.15, -0.1) is 0 Å². The fraction of sp³-hybridized carbons (Fsp3) is 0.538. The molecule has 2 rings (SSSR count). The van der Waals surface area contributed by atoms with Crippen LogP contribution < -0.4 is 15.4 Å². The van der Waals surface area contributed by atoms with E-state index in [-0.39, 0.29) is 0 Å². The van der Waals surface area contributed by atoms with Crippen molar-refractivity contribution in [3.05, 3.63) is 11.9 Å². The largest absolute Gasteiger partial charge is 0.463 e. The Morgan fingerprint density at radius 2 is 1.95 bits per heavy atom. The molecule has 0 saturated carbocycles. The predicted octanol–water partition coefficient (Wildman–Crippen LogP) is 1.88. The van der Waals surface area contributed by atoms with E-state index in [1.807, 2.05) is 34.0 Å². The highest BCUT2D eigenvalue weighted by Crippen LogP contribution is 2.19. The first-order chi connectivity index (χ1) is 10.1. The van der Waals surface area contributed by atoms with E-state index in [0.717, 1.165) is 24.3 Å². The van der Waals surface area contributed by atoms with Crippen LogP contribution in [0.2, 0.25) is 0 Å². The molecule has 21 heavy (non-hydrogen) atoms. The minimum atomic E-state index is 0.312. The van der Waals surface area contributed by atoms with E-state index in [1.54, 1.807) is 4.68 Å². The van der Waals surface area contributed by atoms with Crippen LogP contribution in [0.5, 0.6) is 6.01 Å². The normalized spacial score (nSPS) is 10.5. The van der Waals surface area contributed by atoms with Crippen LogP contribution in [-0.2, 0) is 7.05 Å². The minimum absolute atomic E-state index is 0.312. The van der Waals surface area contributed by atoms with Crippen LogP contribution in [0.1, 0.15) is 26.0 Å². The molecule has 2 heterocycles. The Bertz CT molecular complexity index is 596. The summed E-state index contributed by atoms with van der Waals surface area (Å²) in [5.41, 5.74) is 1.73. The number of hydrogen-bond acceptors (Lipinski definition) is 7. The molecular formula is C13H21N7O. The summed E-state index contributed by atoms with van der Waals surface area (Å²) in [5.74, 6) is 0.922. The molecule has 0 fully saturated rings. The van der Waals surface area contributed by atoms with Gasteiger partial charge < -0.3 is 15.4 Å². The van der Waals surface area contributed by atoms with E-state index in [0.29, 0.717) is 24.5 Å². The topological polar surface area (TPSA) is 89.8 Å². The molecule has 0 aliphatic rings. The van der Waals surface area contributed by atoms with Gasteiger partial charge in [0.15, 0.2) is 0 Å². The maximum atomic E-state index is 5.49. The third-order valence-electron chi connectivity index (χ3n) is 2.65. The first-order valence-corrected chi connectivity index (χ1v) is 7.02. The standard InChI is InChI=1S/C13H21N7O/c1-5-7-21-13-17-11(14-6-2)16-12(18-13)15-10-8-20(4)19-9(10)3/h8H,5-7H2,1-4H3,(H2,14,15,16,17,18). The molecule has 114 valence electrons. The number of rotatable bonds is 7. The summed E-state index contributed by atoms with van der Waals surface area (Å²) in [6.07, 6.45) is 2.77. The van der Waals surface area contributed by atoms with Crippen molar-refractivity contribution in [2.24, 2.45) is 7.05 Å². The number of nitrogens with zero attached hydrogens (tertiary/aromatic N) is 5. The van der Waals surface area contributed by atoms with Crippen LogP contribution >= 0.6 is 0 Å². The Labute approximate surface area is 124 Å². The van der Waals surface area contributed by atoms with E-state index in [1.165, 1.54) is 0 Å². The van der Waals surface area contributed by atoms with Crippen molar-refractivity contribution in [3.8, 4) is 6.01 Å². The lowest BCUT2D eigenvalue weighted by atomic mass is 10.4. The lowest BCUT2D eigenvalue weighted by Gasteiger charge is -2.09. The van der Waals surface area contributed by atoms with Gasteiger partial charge in [0.25, 0.3) is 0 Å². The second kappa shape index (κ2) is 6.87. The number of aryl methyl sites for hydroxylation is 2. The highest BCUT2D eigenvalue weighted by atomic mass is 16.5. The first kappa shape index (κ1) is 15.0. The van der Waals surface area contributed by atoms with E-state index < -0.39 is 0 Å². The van der Waals surface area contributed by atoms with Gasteiger partial charge in [0, 0.05) is 19.8 Å². The average Bonchev–Trinajstić information content (AvgIpc) is 2.75. The van der Waals surface area contributed by atoms with Gasteiger partial charge in [-0.25, -0.2) is 0 Å². The number of aromatic nitrogens is 5. The maximum absolute atomic E-state index is 5.49. The van der Waals surface area contributed by atoms with Crippen LogP contribution in [-0.4, -0.2) is 37.9 Å². The zero-order valence-corrected chi connectivity index (χ0v) is 12.8. The summed E-state index contributed by atoms with van der Waals surface area (Å²) in [7, 11) is 1.87. The zero-order valence-electron chi connectivity index (χ0n) is 12.8. The predicted molar refractivity (Wildman–Crippen MR) is 81.0 cm³/mol. The second-order valence-electron chi connectivity index (χ2n) is 4.57. The Morgan fingerprint density at radius 1 is 1.19 bits per heavy atom. The van der Waals surface area contributed by atoms with Gasteiger partial charge in [-0.05, 0) is 20.3 Å². The fourth-order valence-electron chi connectivity index (χ4n) is 1.75. The highest BCUT2D eigenvalue weighted by Gasteiger charge is 2.10. The average molecular weight is 291 g/mol. The second-order valence-corrected chi connectivity index (χ2v) is 4.57. The van der Waals surface area contributed by atoms with Gasteiger partial charge in [0.05, 0.1) is 18.0 Å². The van der Waals surface area contributed by atoms with Gasteiger partial charge in [-0.2, -0.15) is 20.1 Å². The van der Waals surface area contributed by atoms with Crippen LogP contribution in [0.25, 0.3) is 0 Å². The molecule has 8 nitrogen and oxygen atoms in total. The summed E-state index contributed by atoms with van der Waals surface area (Å²) < 4.78 is 7.23. The Balaban J connectivity index is 2.24. The summed E-state index contributed by atoms with van der Waals surface area (Å²) in [4.78, 5) is 12.8. The molecule has 8 heteroatoms. The maximum Gasteiger partial charge on any atom is 0.323 e. The van der Waals surface area contributed by atoms with Crippen LogP contribution in [0, 0.1) is 6.92 Å². The molecule has 0 amide bonds. The lowest BCUT2D eigenvalue weighted by molar-refractivity contribution is 0.292. The van der Waals surface area contributed by atoms with Crippen LogP contribution in [0.3, 0.4) is 0 Å². The van der Waals surface area contributed by atoms with Crippen molar-refractivity contribution in [2.45, 2.75) is 27.2 Å². The summed E-state index contributed by atoms with van der Waals surface area (Å²) in [5, 5.41) is 10.5. The fourth-order valence-corrected chi connectivity index (χ4v) is 1.75. The van der Waals surface area contributed by atoms with Crippen molar-refractivity contribution in [3.63, 3.8) is 0 Å². The lowest BCUT2D eigenvalue weighted by Crippen LogP contribution is -2.09. The Morgan fingerprint density at radius 3 is 2.57 bits per heavy atom. The summed E-state index contributed by atoms with van der Waals surface area (Å²) in [6, 6.07) is 0.312. The minimum Gasteiger partial charge on any atom is -0.463 e. The van der Waals surface area contributed by atoms with Gasteiger partial charge >= 0.3 is 6.01 Å². The van der Waals surface area contributed by atoms with Crippen molar-refractivity contribution in [1.29, 1.82) is 0 Å². The molecule has 0 spiro atoms. The van der Waals surface area contributed by atoms with E-state index in [2.05, 4.69) is 30.7 Å². The molecular weight excluding hydrogens is 270 g/mol. The number of hydrogen-bond donors (Lipinski definition) is 2. The summed E-state index contributed by atoms with van der Waals surface area (Å²) >= 11 is 0. The van der Waals surface area contributed by atoms with Crippen molar-refractivity contribution in [2.75, 3.05) is 23.8 Å². The zero-order chi connectivity index (χ0) is 15.2. The first-order valence-electron chi connectivity index (χ1n) is 7.02. The van der Waals surface area contributed by atoms with E-state index >= 15 is 0 Å². The number of ether oxygens (including phenoxy) is 1. The molecule has 0 aromatic carbocycles. The number of nitrogens with one attached hydrogen (secondary N) is 2. The molecule has 0 unspecified atom stereocenters. The third kappa shape index (κ3) is 4.04. The molecule has 2 aromatic heterocycles. The Kier molecular flexibility index (Phi) is 4.91. The Hall–Kier alpha value is -2.38. The smallest absolute Gasteiger partial charge is 0.323 e. The molecule has 0 bridgehead atoms. The van der Waals surface area contributed by atoms with Crippen molar-refractivity contribution < 1.29 is 4.74 Å². The van der Waals surface area contributed by atoms with Gasteiger partial charge in [0.2, 0.25) is 11.9 Å². The summed E-state index contributed by atoms with van der Waals surface area (Å²) in [6.45, 7) is 7.23. The highest BCUT2D eigenvalue weighted by molar-refractivity contribution is 5.55. The molecule has 0 aliphatic heterocycles. The monoisotopic (exact) mass is 291 g/mol. The van der Waals surface area contributed by atoms with E-state index in [4.69, 9.17) is 4.74 Å². The quantitative estimate of drug-likeness (QED) is 0.805. The van der Waals surface area contributed by atoms with Gasteiger partial charge in [-0.1, -0.05) is 6.92 Å². The van der Waals surface area contributed by atoms with Gasteiger partial charge in [-0.3, -0.25) is 4.68 Å². The molecule has 0 atom stereocenters. The molecule has 0 radical (unpaired) electrons. The van der Waals surface area contributed by atoms with E-state index in [9.17, 15) is 0 Å².